The third kappa shape index (κ3) is 2.75. The molecule has 2 heterocycles. The molecule has 94 valence electrons. The fourth-order valence-corrected chi connectivity index (χ4v) is 4.39. The molecule has 1 saturated heterocycles. The zero-order valence-corrected chi connectivity index (χ0v) is 10.8. The largest absolute Gasteiger partial charge is 0.452 e. The van der Waals surface area contributed by atoms with Gasteiger partial charge in [0.25, 0.3) is 5.91 Å². The van der Waals surface area contributed by atoms with Crippen molar-refractivity contribution in [1.82, 2.24) is 5.32 Å². The lowest BCUT2D eigenvalue weighted by Crippen LogP contribution is -2.40. The van der Waals surface area contributed by atoms with Crippen molar-refractivity contribution in [2.24, 2.45) is 0 Å². The van der Waals surface area contributed by atoms with Crippen LogP contribution in [0.15, 0.2) is 16.7 Å². The third-order valence-electron chi connectivity index (χ3n) is 2.46. The number of alkyl halides is 1. The lowest BCUT2D eigenvalue weighted by atomic mass is 10.2. The van der Waals surface area contributed by atoms with Crippen LogP contribution in [-0.2, 0) is 9.84 Å². The number of sulfone groups is 1. The summed E-state index contributed by atoms with van der Waals surface area (Å²) >= 11 is 11.5. The van der Waals surface area contributed by atoms with Crippen LogP contribution < -0.4 is 5.32 Å². The summed E-state index contributed by atoms with van der Waals surface area (Å²) < 4.78 is 27.4. The van der Waals surface area contributed by atoms with E-state index in [1.165, 1.54) is 12.3 Å². The van der Waals surface area contributed by atoms with E-state index in [0.717, 1.165) is 0 Å². The first-order valence-corrected chi connectivity index (χ1v) is 7.41. The average Bonchev–Trinajstić information content (AvgIpc) is 2.71. The lowest BCUT2D eigenvalue weighted by Gasteiger charge is -2.13. The van der Waals surface area contributed by atoms with Gasteiger partial charge in [0, 0.05) is 0 Å². The smallest absolute Gasteiger partial charge is 0.256 e. The molecule has 0 radical (unpaired) electrons. The van der Waals surface area contributed by atoms with E-state index in [0.29, 0.717) is 0 Å². The average molecular weight is 298 g/mol. The molecule has 1 fully saturated rings. The van der Waals surface area contributed by atoms with Gasteiger partial charge in [-0.2, -0.15) is 0 Å². The summed E-state index contributed by atoms with van der Waals surface area (Å²) in [6.07, 6.45) is 1.28. The van der Waals surface area contributed by atoms with E-state index < -0.39 is 27.2 Å². The molecule has 17 heavy (non-hydrogen) atoms. The molecule has 1 N–H and O–H groups in total. The van der Waals surface area contributed by atoms with E-state index in [1.54, 1.807) is 0 Å². The highest BCUT2D eigenvalue weighted by Gasteiger charge is 2.37. The van der Waals surface area contributed by atoms with Gasteiger partial charge < -0.3 is 9.73 Å². The topological polar surface area (TPSA) is 76.4 Å². The van der Waals surface area contributed by atoms with Gasteiger partial charge in [0.2, 0.25) is 5.22 Å². The van der Waals surface area contributed by atoms with Crippen LogP contribution in [0.1, 0.15) is 10.4 Å². The van der Waals surface area contributed by atoms with Gasteiger partial charge in [0.15, 0.2) is 9.84 Å². The lowest BCUT2D eigenvalue weighted by molar-refractivity contribution is 0.0941. The molecule has 0 saturated carbocycles. The maximum absolute atomic E-state index is 11.7. The van der Waals surface area contributed by atoms with E-state index in [2.05, 4.69) is 5.32 Å². The number of amides is 1. The van der Waals surface area contributed by atoms with Crippen molar-refractivity contribution in [3.05, 3.63) is 23.1 Å². The Hall–Kier alpha value is -0.720. The van der Waals surface area contributed by atoms with E-state index in [1.807, 2.05) is 0 Å². The van der Waals surface area contributed by atoms with Crippen molar-refractivity contribution in [3.8, 4) is 0 Å². The minimum absolute atomic E-state index is 0.0329. The SMILES string of the molecule is O=C(NC1CS(=O)(=O)CC1Cl)c1ccoc1Cl. The van der Waals surface area contributed by atoms with Crippen LogP contribution in [-0.4, -0.2) is 37.2 Å². The molecule has 2 atom stereocenters. The minimum Gasteiger partial charge on any atom is -0.452 e. The highest BCUT2D eigenvalue weighted by Crippen LogP contribution is 2.20. The van der Waals surface area contributed by atoms with Crippen molar-refractivity contribution in [3.63, 3.8) is 0 Å². The number of rotatable bonds is 2. The molecule has 1 aliphatic rings. The highest BCUT2D eigenvalue weighted by molar-refractivity contribution is 7.91. The molecule has 1 aromatic heterocycles. The number of carbonyl (C=O) groups excluding carboxylic acids is 1. The summed E-state index contributed by atoms with van der Waals surface area (Å²) in [6.45, 7) is 0. The van der Waals surface area contributed by atoms with Crippen LogP contribution in [0.25, 0.3) is 0 Å². The van der Waals surface area contributed by atoms with Crippen molar-refractivity contribution in [1.29, 1.82) is 0 Å². The molecule has 8 heteroatoms. The summed E-state index contributed by atoms with van der Waals surface area (Å²) in [4.78, 5) is 11.7. The Labute approximate surface area is 108 Å². The van der Waals surface area contributed by atoms with Gasteiger partial charge in [-0.15, -0.1) is 11.6 Å². The number of furan rings is 1. The Morgan fingerprint density at radius 2 is 2.18 bits per heavy atom. The van der Waals surface area contributed by atoms with Gasteiger partial charge in [0.05, 0.1) is 34.8 Å². The van der Waals surface area contributed by atoms with Crippen molar-refractivity contribution in [2.45, 2.75) is 11.4 Å². The van der Waals surface area contributed by atoms with Crippen LogP contribution in [0.3, 0.4) is 0 Å². The summed E-state index contributed by atoms with van der Waals surface area (Å²) in [7, 11) is -3.17. The predicted molar refractivity (Wildman–Crippen MR) is 63.3 cm³/mol. The van der Waals surface area contributed by atoms with Gasteiger partial charge in [-0.3, -0.25) is 4.79 Å². The first-order chi connectivity index (χ1) is 7.89. The van der Waals surface area contributed by atoms with Crippen LogP contribution in [0.5, 0.6) is 0 Å². The Balaban J connectivity index is 2.08. The van der Waals surface area contributed by atoms with Crippen molar-refractivity contribution in [2.75, 3.05) is 11.5 Å². The molecule has 0 aliphatic carbocycles. The maximum Gasteiger partial charge on any atom is 0.256 e. The van der Waals surface area contributed by atoms with Crippen LogP contribution in [0, 0.1) is 0 Å². The zero-order valence-electron chi connectivity index (χ0n) is 8.52. The number of hydrogen-bond donors (Lipinski definition) is 1. The number of halogens is 2. The van der Waals surface area contributed by atoms with Crippen molar-refractivity contribution < 1.29 is 17.6 Å². The molecule has 0 aromatic carbocycles. The van der Waals surface area contributed by atoms with E-state index >= 15 is 0 Å². The summed E-state index contributed by atoms with van der Waals surface area (Å²) in [6, 6.07) is 0.810. The Morgan fingerprint density at radius 1 is 1.47 bits per heavy atom. The Kier molecular flexibility index (Phi) is 3.38. The second kappa shape index (κ2) is 4.51. The molecule has 1 amide bonds. The molecule has 1 aliphatic heterocycles. The zero-order chi connectivity index (χ0) is 12.6. The maximum atomic E-state index is 11.7. The van der Waals surface area contributed by atoms with Crippen LogP contribution in [0.4, 0.5) is 0 Å². The third-order valence-corrected chi connectivity index (χ3v) is 5.13. The quantitative estimate of drug-likeness (QED) is 0.829. The molecule has 0 spiro atoms. The highest BCUT2D eigenvalue weighted by atomic mass is 35.5. The van der Waals surface area contributed by atoms with E-state index in [-0.39, 0.29) is 22.3 Å². The van der Waals surface area contributed by atoms with Gasteiger partial charge in [-0.1, -0.05) is 0 Å². The van der Waals surface area contributed by atoms with Gasteiger partial charge in [-0.25, -0.2) is 8.42 Å². The first kappa shape index (κ1) is 12.7. The molecular weight excluding hydrogens is 289 g/mol. The number of carbonyl (C=O) groups is 1. The monoisotopic (exact) mass is 297 g/mol. The predicted octanol–water partition coefficient (Wildman–Crippen LogP) is 1.07. The Bertz CT molecular complexity index is 539. The van der Waals surface area contributed by atoms with E-state index in [9.17, 15) is 13.2 Å². The standard InChI is InChI=1S/C9H9Cl2NO4S/c10-6-3-17(14,15)4-7(6)12-9(13)5-1-2-16-8(5)11/h1-2,6-7H,3-4H2,(H,12,13). The molecule has 5 nitrogen and oxygen atoms in total. The minimum atomic E-state index is -3.17. The van der Waals surface area contributed by atoms with Crippen LogP contribution >= 0.6 is 23.2 Å². The second-order valence-corrected chi connectivity index (χ2v) is 6.84. The van der Waals surface area contributed by atoms with Crippen molar-refractivity contribution >= 4 is 38.9 Å². The molecular formula is C9H9Cl2NO4S. The normalized spacial score (nSPS) is 26.9. The first-order valence-electron chi connectivity index (χ1n) is 4.77. The Morgan fingerprint density at radius 3 is 2.65 bits per heavy atom. The van der Waals surface area contributed by atoms with E-state index in [4.69, 9.17) is 27.6 Å². The molecule has 2 rings (SSSR count). The van der Waals surface area contributed by atoms with Gasteiger partial charge >= 0.3 is 0 Å². The molecule has 2 unspecified atom stereocenters. The summed E-state index contributed by atoms with van der Waals surface area (Å²) in [5, 5.41) is 1.88. The van der Waals surface area contributed by atoms with Crippen LogP contribution in [0.2, 0.25) is 5.22 Å². The summed E-state index contributed by atoms with van der Waals surface area (Å²) in [5.41, 5.74) is 0.167. The number of hydrogen-bond acceptors (Lipinski definition) is 4. The molecule has 1 aromatic rings. The number of nitrogens with one attached hydrogen (secondary N) is 1. The fraction of sp³-hybridized carbons (Fsp3) is 0.444. The van der Waals surface area contributed by atoms with Gasteiger partial charge in [0.1, 0.15) is 0 Å². The molecule has 0 bridgehead atoms. The summed E-state index contributed by atoms with van der Waals surface area (Å²) in [5.74, 6) is -0.766. The fourth-order valence-electron chi connectivity index (χ4n) is 1.64. The second-order valence-electron chi connectivity index (χ2n) is 3.78. The van der Waals surface area contributed by atoms with Gasteiger partial charge in [-0.05, 0) is 17.7 Å².